The minimum absolute atomic E-state index is 0.387. The van der Waals surface area contributed by atoms with E-state index >= 15 is 0 Å². The van der Waals surface area contributed by atoms with Crippen molar-refractivity contribution in [1.29, 1.82) is 5.26 Å². The number of benzene rings is 1. The molecule has 0 atom stereocenters. The second-order valence-electron chi connectivity index (χ2n) is 7.33. The zero-order valence-corrected chi connectivity index (χ0v) is 15.2. The predicted octanol–water partition coefficient (Wildman–Crippen LogP) is 3.22. The molecule has 1 aromatic carbocycles. The van der Waals surface area contributed by atoms with Crippen molar-refractivity contribution in [3.8, 4) is 17.2 Å². The van der Waals surface area contributed by atoms with Crippen LogP contribution in [0.1, 0.15) is 24.1 Å². The molecular formula is C22H19N5O. The first-order valence-corrected chi connectivity index (χ1v) is 9.38. The number of rotatable bonds is 2. The van der Waals surface area contributed by atoms with Gasteiger partial charge in [-0.3, -0.25) is 0 Å². The molecule has 5 rings (SSSR count). The quantitative estimate of drug-likeness (QED) is 0.504. The summed E-state index contributed by atoms with van der Waals surface area (Å²) >= 11 is 0. The zero-order valence-electron chi connectivity index (χ0n) is 15.2. The molecule has 28 heavy (non-hydrogen) atoms. The lowest BCUT2D eigenvalue weighted by Gasteiger charge is -2.33. The summed E-state index contributed by atoms with van der Waals surface area (Å²) in [5.41, 5.74) is 4.27. The number of hydrogen-bond donors (Lipinski definition) is 3. The Morgan fingerprint density at radius 2 is 1.75 bits per heavy atom. The van der Waals surface area contributed by atoms with Gasteiger partial charge in [0.1, 0.15) is 17.4 Å². The fraction of sp³-hybridized carbons (Fsp3) is 0.227. The molecule has 0 saturated carbocycles. The standard InChI is InChI=1S/C22H19N5O/c23-11-17-10-18-19-9-15(12-26-21(19)27-20(18)13-25-17)14-1-3-16(4-2-14)22(28)5-7-24-8-6-22/h1-4,9-10,12-13,24,28H,5-8H2,(H,26,27). The Bertz CT molecular complexity index is 1210. The third kappa shape index (κ3) is 2.73. The summed E-state index contributed by atoms with van der Waals surface area (Å²) in [7, 11) is 0. The summed E-state index contributed by atoms with van der Waals surface area (Å²) in [6.45, 7) is 1.66. The van der Waals surface area contributed by atoms with Crippen LogP contribution in [-0.2, 0) is 5.60 Å². The van der Waals surface area contributed by atoms with Crippen LogP contribution in [0.25, 0.3) is 33.1 Å². The summed E-state index contributed by atoms with van der Waals surface area (Å²) in [5, 5.41) is 25.2. The number of nitrogens with one attached hydrogen (secondary N) is 2. The van der Waals surface area contributed by atoms with Crippen molar-refractivity contribution in [2.24, 2.45) is 0 Å². The molecule has 138 valence electrons. The summed E-state index contributed by atoms with van der Waals surface area (Å²) in [5.74, 6) is 0. The lowest BCUT2D eigenvalue weighted by molar-refractivity contribution is 0.00595. The molecule has 1 aliphatic rings. The van der Waals surface area contributed by atoms with Gasteiger partial charge in [-0.1, -0.05) is 24.3 Å². The molecule has 4 heterocycles. The van der Waals surface area contributed by atoms with E-state index in [4.69, 9.17) is 5.26 Å². The number of nitriles is 1. The Labute approximate surface area is 161 Å². The van der Waals surface area contributed by atoms with Crippen molar-refractivity contribution >= 4 is 21.9 Å². The highest BCUT2D eigenvalue weighted by molar-refractivity contribution is 6.06. The molecule has 6 nitrogen and oxygen atoms in total. The lowest BCUT2D eigenvalue weighted by Crippen LogP contribution is -2.39. The average Bonchev–Trinajstić information content (AvgIpc) is 3.11. The average molecular weight is 369 g/mol. The first-order valence-electron chi connectivity index (χ1n) is 9.38. The first-order chi connectivity index (χ1) is 13.7. The van der Waals surface area contributed by atoms with Crippen molar-refractivity contribution in [2.45, 2.75) is 18.4 Å². The third-order valence-corrected chi connectivity index (χ3v) is 5.64. The van der Waals surface area contributed by atoms with Gasteiger partial charge < -0.3 is 15.4 Å². The minimum Gasteiger partial charge on any atom is -0.385 e. The summed E-state index contributed by atoms with van der Waals surface area (Å²) in [6, 6.07) is 14.1. The maximum Gasteiger partial charge on any atom is 0.141 e. The lowest BCUT2D eigenvalue weighted by atomic mass is 9.84. The van der Waals surface area contributed by atoms with Crippen LogP contribution in [0.3, 0.4) is 0 Å². The highest BCUT2D eigenvalue weighted by Crippen LogP contribution is 2.33. The monoisotopic (exact) mass is 369 g/mol. The SMILES string of the molecule is N#Cc1cc2c(cn1)[nH]c1ncc(-c3ccc(C4(O)CCNCC4)cc3)cc12. The molecule has 0 amide bonds. The molecule has 0 unspecified atom stereocenters. The van der Waals surface area contributed by atoms with Crippen molar-refractivity contribution in [1.82, 2.24) is 20.3 Å². The van der Waals surface area contributed by atoms with Crippen molar-refractivity contribution in [3.63, 3.8) is 0 Å². The molecule has 6 heteroatoms. The van der Waals surface area contributed by atoms with Crippen LogP contribution in [-0.4, -0.2) is 33.1 Å². The number of aromatic amines is 1. The number of aromatic nitrogens is 3. The number of nitrogens with zero attached hydrogens (tertiary/aromatic N) is 3. The number of aliphatic hydroxyl groups is 1. The maximum absolute atomic E-state index is 10.9. The molecule has 0 bridgehead atoms. The van der Waals surface area contributed by atoms with Gasteiger partial charge in [0.25, 0.3) is 0 Å². The van der Waals surface area contributed by atoms with Gasteiger partial charge >= 0.3 is 0 Å². The summed E-state index contributed by atoms with van der Waals surface area (Å²) < 4.78 is 0. The number of pyridine rings is 2. The van der Waals surface area contributed by atoms with Crippen LogP contribution in [0.2, 0.25) is 0 Å². The predicted molar refractivity (Wildman–Crippen MR) is 108 cm³/mol. The van der Waals surface area contributed by atoms with Crippen LogP contribution in [0.4, 0.5) is 0 Å². The van der Waals surface area contributed by atoms with Crippen molar-refractivity contribution in [3.05, 3.63) is 60.0 Å². The largest absolute Gasteiger partial charge is 0.385 e. The molecule has 3 N–H and O–H groups in total. The topological polar surface area (TPSA) is 97.6 Å². The second-order valence-corrected chi connectivity index (χ2v) is 7.33. The van der Waals surface area contributed by atoms with Gasteiger partial charge in [0.2, 0.25) is 0 Å². The van der Waals surface area contributed by atoms with Crippen LogP contribution in [0.5, 0.6) is 0 Å². The highest BCUT2D eigenvalue weighted by atomic mass is 16.3. The van der Waals surface area contributed by atoms with E-state index in [1.54, 1.807) is 12.3 Å². The van der Waals surface area contributed by atoms with Gasteiger partial charge in [0.15, 0.2) is 0 Å². The summed E-state index contributed by atoms with van der Waals surface area (Å²) in [6.07, 6.45) is 4.96. The van der Waals surface area contributed by atoms with Gasteiger partial charge in [0.05, 0.1) is 17.3 Å². The van der Waals surface area contributed by atoms with Gasteiger partial charge in [-0.15, -0.1) is 0 Å². The van der Waals surface area contributed by atoms with Crippen LogP contribution in [0.15, 0.2) is 48.8 Å². The van der Waals surface area contributed by atoms with E-state index < -0.39 is 5.60 Å². The Kier molecular flexibility index (Phi) is 3.86. The van der Waals surface area contributed by atoms with Crippen LogP contribution < -0.4 is 5.32 Å². The van der Waals surface area contributed by atoms with Gasteiger partial charge in [-0.25, -0.2) is 9.97 Å². The maximum atomic E-state index is 10.9. The molecule has 1 aliphatic heterocycles. The Morgan fingerprint density at radius 1 is 0.964 bits per heavy atom. The van der Waals surface area contributed by atoms with Crippen molar-refractivity contribution in [2.75, 3.05) is 13.1 Å². The van der Waals surface area contributed by atoms with E-state index in [-0.39, 0.29) is 0 Å². The smallest absolute Gasteiger partial charge is 0.141 e. The fourth-order valence-corrected chi connectivity index (χ4v) is 4.00. The number of fused-ring (bicyclic) bond motifs is 3. The number of piperidine rings is 1. The molecule has 0 radical (unpaired) electrons. The normalized spacial score (nSPS) is 16.3. The van der Waals surface area contributed by atoms with Crippen LogP contribution >= 0.6 is 0 Å². The molecule has 1 saturated heterocycles. The Balaban J connectivity index is 1.55. The van der Waals surface area contributed by atoms with E-state index in [9.17, 15) is 5.11 Å². The Morgan fingerprint density at radius 3 is 2.50 bits per heavy atom. The zero-order chi connectivity index (χ0) is 19.1. The Hall–Kier alpha value is -3.27. The van der Waals surface area contributed by atoms with E-state index in [0.717, 1.165) is 64.6 Å². The van der Waals surface area contributed by atoms with Gasteiger partial charge in [-0.05, 0) is 49.2 Å². The van der Waals surface area contributed by atoms with E-state index in [2.05, 4.69) is 32.4 Å². The highest BCUT2D eigenvalue weighted by Gasteiger charge is 2.30. The molecule has 1 fully saturated rings. The fourth-order valence-electron chi connectivity index (χ4n) is 4.00. The van der Waals surface area contributed by atoms with Crippen molar-refractivity contribution < 1.29 is 5.11 Å². The van der Waals surface area contributed by atoms with E-state index in [1.807, 2.05) is 30.5 Å². The molecule has 0 spiro atoms. The molecule has 0 aliphatic carbocycles. The first kappa shape index (κ1) is 16.9. The summed E-state index contributed by atoms with van der Waals surface area (Å²) in [4.78, 5) is 11.9. The number of H-pyrrole nitrogens is 1. The molecular weight excluding hydrogens is 350 g/mol. The van der Waals surface area contributed by atoms with Gasteiger partial charge in [0, 0.05) is 22.5 Å². The minimum atomic E-state index is -0.747. The molecule has 4 aromatic rings. The number of hydrogen-bond acceptors (Lipinski definition) is 5. The molecule has 3 aromatic heterocycles. The van der Waals surface area contributed by atoms with E-state index in [0.29, 0.717) is 5.69 Å². The second kappa shape index (κ2) is 6.41. The van der Waals surface area contributed by atoms with E-state index in [1.165, 1.54) is 0 Å². The van der Waals surface area contributed by atoms with Crippen LogP contribution in [0, 0.1) is 11.3 Å². The van der Waals surface area contributed by atoms with Gasteiger partial charge in [-0.2, -0.15) is 5.26 Å². The third-order valence-electron chi connectivity index (χ3n) is 5.64.